The number of amides is 1. The third kappa shape index (κ3) is 5.50. The Bertz CT molecular complexity index is 586. The molecule has 1 amide bonds. The highest BCUT2D eigenvalue weighted by molar-refractivity contribution is 7.87. The van der Waals surface area contributed by atoms with E-state index in [4.69, 9.17) is 15.8 Å². The van der Waals surface area contributed by atoms with E-state index >= 15 is 0 Å². The summed E-state index contributed by atoms with van der Waals surface area (Å²) in [6.45, 7) is 5.92. The van der Waals surface area contributed by atoms with Gasteiger partial charge in [-0.3, -0.25) is 4.79 Å². The maximum Gasteiger partial charge on any atom is 0.308 e. The molecule has 22 heavy (non-hydrogen) atoms. The minimum absolute atomic E-state index is 0.0553. The van der Waals surface area contributed by atoms with Crippen molar-refractivity contribution in [1.29, 1.82) is 0 Å². The lowest BCUT2D eigenvalue weighted by atomic mass is 10.1. The van der Waals surface area contributed by atoms with Gasteiger partial charge in [-0.25, -0.2) is 0 Å². The summed E-state index contributed by atoms with van der Waals surface area (Å²) in [5.41, 5.74) is 0.889. The Morgan fingerprint density at radius 1 is 1.27 bits per heavy atom. The van der Waals surface area contributed by atoms with E-state index in [9.17, 15) is 13.2 Å². The monoisotopic (exact) mass is 347 g/mol. The summed E-state index contributed by atoms with van der Waals surface area (Å²) in [7, 11) is -3.53. The van der Waals surface area contributed by atoms with Crippen LogP contribution in [-0.4, -0.2) is 36.9 Å². The molecule has 0 fully saturated rings. The predicted octanol–water partition coefficient (Wildman–Crippen LogP) is 2.78. The molecule has 0 aliphatic carbocycles. The van der Waals surface area contributed by atoms with Gasteiger partial charge in [-0.2, -0.15) is 8.42 Å². The van der Waals surface area contributed by atoms with Crippen LogP contribution in [0.4, 0.5) is 0 Å². The lowest BCUT2D eigenvalue weighted by molar-refractivity contribution is -0.131. The van der Waals surface area contributed by atoms with Gasteiger partial charge in [0.15, 0.2) is 0 Å². The fourth-order valence-corrected chi connectivity index (χ4v) is 2.52. The summed E-state index contributed by atoms with van der Waals surface area (Å²) in [6.07, 6.45) is 0.832. The van der Waals surface area contributed by atoms with E-state index in [0.717, 1.165) is 12.0 Å². The van der Waals surface area contributed by atoms with E-state index in [-0.39, 0.29) is 29.3 Å². The molecule has 0 N–H and O–H groups in total. The van der Waals surface area contributed by atoms with Crippen molar-refractivity contribution in [3.63, 3.8) is 0 Å². The van der Waals surface area contributed by atoms with E-state index in [1.165, 1.54) is 6.92 Å². The van der Waals surface area contributed by atoms with Crippen LogP contribution in [0.5, 0.6) is 5.75 Å². The van der Waals surface area contributed by atoms with Gasteiger partial charge >= 0.3 is 10.1 Å². The van der Waals surface area contributed by atoms with E-state index < -0.39 is 10.1 Å². The van der Waals surface area contributed by atoms with Crippen molar-refractivity contribution < 1.29 is 17.4 Å². The molecule has 1 aromatic carbocycles. The zero-order valence-electron chi connectivity index (χ0n) is 13.1. The van der Waals surface area contributed by atoms with Gasteiger partial charge in [0, 0.05) is 12.6 Å². The third-order valence-electron chi connectivity index (χ3n) is 3.41. The molecule has 0 unspecified atom stereocenters. The first-order valence-electron chi connectivity index (χ1n) is 7.19. The fraction of sp³-hybridized carbons (Fsp3) is 0.533. The molecule has 1 atom stereocenters. The zero-order valence-corrected chi connectivity index (χ0v) is 14.7. The fourth-order valence-electron chi connectivity index (χ4n) is 1.84. The van der Waals surface area contributed by atoms with Crippen LogP contribution >= 0.6 is 11.6 Å². The van der Waals surface area contributed by atoms with Crippen LogP contribution in [0, 0.1) is 0 Å². The number of carbonyl (C=O) groups excluding carboxylic acids is 1. The SMILES string of the molecule is CC[C@@H](C)N(Cc1ccc(OS(=O)(=O)CC)cc1)C(=O)CCl. The van der Waals surface area contributed by atoms with Gasteiger partial charge in [-0.15, -0.1) is 11.6 Å². The van der Waals surface area contributed by atoms with Crippen molar-refractivity contribution >= 4 is 27.6 Å². The number of nitrogens with zero attached hydrogens (tertiary/aromatic N) is 1. The second-order valence-electron chi connectivity index (χ2n) is 4.99. The Morgan fingerprint density at radius 2 is 1.86 bits per heavy atom. The summed E-state index contributed by atoms with van der Waals surface area (Å²) in [4.78, 5) is 13.6. The highest BCUT2D eigenvalue weighted by Crippen LogP contribution is 2.17. The Balaban J connectivity index is 2.83. The van der Waals surface area contributed by atoms with E-state index in [2.05, 4.69) is 0 Å². The summed E-state index contributed by atoms with van der Waals surface area (Å²) in [6, 6.07) is 6.75. The Morgan fingerprint density at radius 3 is 2.32 bits per heavy atom. The van der Waals surface area contributed by atoms with E-state index in [1.807, 2.05) is 13.8 Å². The highest BCUT2D eigenvalue weighted by atomic mass is 35.5. The van der Waals surface area contributed by atoms with Crippen molar-refractivity contribution in [1.82, 2.24) is 4.90 Å². The highest BCUT2D eigenvalue weighted by Gasteiger charge is 2.18. The molecule has 0 saturated heterocycles. The maximum atomic E-state index is 11.9. The van der Waals surface area contributed by atoms with Crippen LogP contribution in [0.3, 0.4) is 0 Å². The Labute approximate surface area is 137 Å². The first kappa shape index (κ1) is 18.8. The molecule has 0 bridgehead atoms. The Kier molecular flexibility index (Phi) is 7.16. The van der Waals surface area contributed by atoms with Crippen LogP contribution in [-0.2, 0) is 21.5 Å². The number of benzene rings is 1. The number of hydrogen-bond acceptors (Lipinski definition) is 4. The van der Waals surface area contributed by atoms with Crippen LogP contribution in [0.2, 0.25) is 0 Å². The quantitative estimate of drug-likeness (QED) is 0.536. The third-order valence-corrected chi connectivity index (χ3v) is 4.79. The molecule has 5 nitrogen and oxygen atoms in total. The molecule has 124 valence electrons. The lowest BCUT2D eigenvalue weighted by Crippen LogP contribution is -2.38. The first-order valence-corrected chi connectivity index (χ1v) is 9.30. The number of carbonyl (C=O) groups is 1. The largest absolute Gasteiger partial charge is 0.382 e. The molecule has 0 saturated carbocycles. The molecule has 0 heterocycles. The first-order chi connectivity index (χ1) is 10.3. The van der Waals surface area contributed by atoms with Crippen LogP contribution in [0.15, 0.2) is 24.3 Å². The van der Waals surface area contributed by atoms with Crippen molar-refractivity contribution in [2.45, 2.75) is 39.8 Å². The molecule has 7 heteroatoms. The van der Waals surface area contributed by atoms with Gasteiger partial charge < -0.3 is 9.08 Å². The zero-order chi connectivity index (χ0) is 16.8. The molecule has 1 rings (SSSR count). The lowest BCUT2D eigenvalue weighted by Gasteiger charge is -2.28. The Hall–Kier alpha value is -1.27. The molecule has 1 aromatic rings. The molecular weight excluding hydrogens is 326 g/mol. The van der Waals surface area contributed by atoms with Crippen molar-refractivity contribution in [3.05, 3.63) is 29.8 Å². The average molecular weight is 348 g/mol. The molecule has 0 aromatic heterocycles. The summed E-state index contributed by atoms with van der Waals surface area (Å²) >= 11 is 5.65. The van der Waals surface area contributed by atoms with Gasteiger partial charge in [-0.05, 0) is 38.0 Å². The number of hydrogen-bond donors (Lipinski definition) is 0. The van der Waals surface area contributed by atoms with Crippen LogP contribution in [0.25, 0.3) is 0 Å². The molecule has 0 spiro atoms. The van der Waals surface area contributed by atoms with Crippen LogP contribution < -0.4 is 4.18 Å². The second-order valence-corrected chi connectivity index (χ2v) is 7.11. The minimum atomic E-state index is -3.53. The van der Waals surface area contributed by atoms with Gasteiger partial charge in [0.1, 0.15) is 11.6 Å². The summed E-state index contributed by atoms with van der Waals surface area (Å²) < 4.78 is 27.7. The summed E-state index contributed by atoms with van der Waals surface area (Å²) in [5, 5.41) is 0. The van der Waals surface area contributed by atoms with Crippen molar-refractivity contribution in [3.8, 4) is 5.75 Å². The van der Waals surface area contributed by atoms with Gasteiger partial charge in [0.05, 0.1) is 5.75 Å². The number of alkyl halides is 1. The van der Waals surface area contributed by atoms with Gasteiger partial charge in [0.2, 0.25) is 5.91 Å². The minimum Gasteiger partial charge on any atom is -0.382 e. The smallest absolute Gasteiger partial charge is 0.308 e. The van der Waals surface area contributed by atoms with Gasteiger partial charge in [-0.1, -0.05) is 19.1 Å². The van der Waals surface area contributed by atoms with Gasteiger partial charge in [0.25, 0.3) is 0 Å². The van der Waals surface area contributed by atoms with Crippen LogP contribution in [0.1, 0.15) is 32.8 Å². The van der Waals surface area contributed by atoms with Crippen molar-refractivity contribution in [2.75, 3.05) is 11.6 Å². The van der Waals surface area contributed by atoms with Crippen molar-refractivity contribution in [2.24, 2.45) is 0 Å². The normalized spacial score (nSPS) is 12.7. The predicted molar refractivity (Wildman–Crippen MR) is 87.6 cm³/mol. The molecular formula is C15H22ClNO4S. The van der Waals surface area contributed by atoms with E-state index in [0.29, 0.717) is 6.54 Å². The average Bonchev–Trinajstić information content (AvgIpc) is 2.52. The number of halogens is 1. The van der Waals surface area contributed by atoms with E-state index in [1.54, 1.807) is 29.2 Å². The summed E-state index contributed by atoms with van der Waals surface area (Å²) in [5.74, 6) is 0.00962. The second kappa shape index (κ2) is 8.39. The standard InChI is InChI=1S/C15H22ClNO4S/c1-4-12(3)17(15(18)10-16)11-13-6-8-14(9-7-13)21-22(19,20)5-2/h6-9,12H,4-5,10-11H2,1-3H3/t12-/m1/s1. The molecule has 0 aliphatic heterocycles. The topological polar surface area (TPSA) is 63.7 Å². The molecule has 0 aliphatic rings. The molecule has 0 radical (unpaired) electrons. The maximum absolute atomic E-state index is 11.9. The number of rotatable bonds is 8.